The average Bonchev–Trinajstić information content (AvgIpc) is 2.15. The van der Waals surface area contributed by atoms with Gasteiger partial charge in [0, 0.05) is 22.6 Å². The third kappa shape index (κ3) is 1.72. The van der Waals surface area contributed by atoms with Crippen molar-refractivity contribution in [2.45, 2.75) is 0 Å². The fraction of sp³-hybridized carbons (Fsp3) is 0. The molecular weight excluding hydrogens is 202 g/mol. The molecule has 0 aliphatic carbocycles. The van der Waals surface area contributed by atoms with Gasteiger partial charge in [-0.1, -0.05) is 6.07 Å². The zero-order chi connectivity index (χ0) is 11.7. The minimum atomic E-state index is 0.116. The van der Waals surface area contributed by atoms with E-state index in [4.69, 9.17) is 17.2 Å². The van der Waals surface area contributed by atoms with Gasteiger partial charge in [0.25, 0.3) is 0 Å². The molecule has 7 N–H and O–H groups in total. The topological polar surface area (TPSA) is 98.3 Å². The molecule has 0 amide bonds. The highest BCUT2D eigenvalue weighted by Gasteiger charge is 2.08. The zero-order valence-electron chi connectivity index (χ0n) is 8.64. The van der Waals surface area contributed by atoms with E-state index in [9.17, 15) is 5.11 Å². The number of hydrogen-bond acceptors (Lipinski definition) is 4. The summed E-state index contributed by atoms with van der Waals surface area (Å²) in [7, 11) is 0. The van der Waals surface area contributed by atoms with Crippen molar-refractivity contribution in [1.82, 2.24) is 0 Å². The predicted octanol–water partition coefficient (Wildman–Crippen LogP) is 1.81. The number of phenols is 1. The van der Waals surface area contributed by atoms with E-state index in [-0.39, 0.29) is 5.75 Å². The molecule has 2 aromatic rings. The maximum Gasteiger partial charge on any atom is 0.125 e. The molecule has 16 heavy (non-hydrogen) atoms. The maximum atomic E-state index is 9.76. The molecular formula is C12H13N3O. The minimum Gasteiger partial charge on any atom is -0.507 e. The second-order valence-electron chi connectivity index (χ2n) is 3.63. The van der Waals surface area contributed by atoms with Crippen molar-refractivity contribution in [3.63, 3.8) is 0 Å². The van der Waals surface area contributed by atoms with Gasteiger partial charge in [-0.3, -0.25) is 0 Å². The second kappa shape index (κ2) is 3.66. The van der Waals surface area contributed by atoms with Crippen LogP contribution in [-0.2, 0) is 0 Å². The molecule has 2 aromatic carbocycles. The minimum absolute atomic E-state index is 0.116. The molecule has 82 valence electrons. The Morgan fingerprint density at radius 1 is 0.875 bits per heavy atom. The first-order chi connectivity index (χ1) is 7.58. The summed E-state index contributed by atoms with van der Waals surface area (Å²) >= 11 is 0. The summed E-state index contributed by atoms with van der Waals surface area (Å²) in [5.41, 5.74) is 20.0. The smallest absolute Gasteiger partial charge is 0.125 e. The lowest BCUT2D eigenvalue weighted by molar-refractivity contribution is 0.477. The van der Waals surface area contributed by atoms with Crippen LogP contribution in [-0.4, -0.2) is 5.11 Å². The highest BCUT2D eigenvalue weighted by Crippen LogP contribution is 2.36. The van der Waals surface area contributed by atoms with Crippen molar-refractivity contribution >= 4 is 17.1 Å². The summed E-state index contributed by atoms with van der Waals surface area (Å²) in [6.45, 7) is 0. The molecule has 0 spiro atoms. The molecule has 4 nitrogen and oxygen atoms in total. The van der Waals surface area contributed by atoms with Crippen molar-refractivity contribution in [2.75, 3.05) is 17.2 Å². The first kappa shape index (κ1) is 10.2. The Hall–Kier alpha value is -2.36. The van der Waals surface area contributed by atoms with Crippen molar-refractivity contribution in [3.8, 4) is 16.9 Å². The standard InChI is InChI=1S/C12H13N3O/c13-8-4-7(5-9(14)6-8)12-10(15)2-1-3-11(12)16/h1-6,16H,13-15H2. The van der Waals surface area contributed by atoms with E-state index >= 15 is 0 Å². The second-order valence-corrected chi connectivity index (χ2v) is 3.63. The van der Waals surface area contributed by atoms with Crippen molar-refractivity contribution < 1.29 is 5.11 Å². The molecule has 0 heterocycles. The van der Waals surface area contributed by atoms with E-state index in [0.717, 1.165) is 0 Å². The maximum absolute atomic E-state index is 9.76. The fourth-order valence-electron chi connectivity index (χ4n) is 1.69. The normalized spacial score (nSPS) is 10.2. The van der Waals surface area contributed by atoms with Gasteiger partial charge in [0.05, 0.1) is 0 Å². The fourth-order valence-corrected chi connectivity index (χ4v) is 1.69. The summed E-state index contributed by atoms with van der Waals surface area (Å²) in [5.74, 6) is 0.116. The molecule has 0 unspecified atom stereocenters. The van der Waals surface area contributed by atoms with Crippen molar-refractivity contribution in [1.29, 1.82) is 0 Å². The van der Waals surface area contributed by atoms with E-state index < -0.39 is 0 Å². The summed E-state index contributed by atoms with van der Waals surface area (Å²) in [6.07, 6.45) is 0. The van der Waals surface area contributed by atoms with Gasteiger partial charge < -0.3 is 22.3 Å². The highest BCUT2D eigenvalue weighted by atomic mass is 16.3. The van der Waals surface area contributed by atoms with Gasteiger partial charge in [-0.15, -0.1) is 0 Å². The van der Waals surface area contributed by atoms with Crippen LogP contribution in [0.2, 0.25) is 0 Å². The molecule has 0 saturated heterocycles. The third-order valence-electron chi connectivity index (χ3n) is 2.34. The zero-order valence-corrected chi connectivity index (χ0v) is 8.64. The van der Waals surface area contributed by atoms with Gasteiger partial charge in [0.1, 0.15) is 5.75 Å². The quantitative estimate of drug-likeness (QED) is 0.545. The number of benzene rings is 2. The Morgan fingerprint density at radius 2 is 1.50 bits per heavy atom. The van der Waals surface area contributed by atoms with Crippen LogP contribution in [0, 0.1) is 0 Å². The van der Waals surface area contributed by atoms with Gasteiger partial charge in [0.15, 0.2) is 0 Å². The van der Waals surface area contributed by atoms with Crippen molar-refractivity contribution in [3.05, 3.63) is 36.4 Å². The van der Waals surface area contributed by atoms with Crippen LogP contribution in [0.5, 0.6) is 5.75 Å². The van der Waals surface area contributed by atoms with Crippen LogP contribution in [0.3, 0.4) is 0 Å². The lowest BCUT2D eigenvalue weighted by Crippen LogP contribution is -1.94. The third-order valence-corrected chi connectivity index (χ3v) is 2.34. The Kier molecular flexibility index (Phi) is 2.32. The Labute approximate surface area is 93.3 Å². The number of nitrogens with two attached hydrogens (primary N) is 3. The van der Waals surface area contributed by atoms with Gasteiger partial charge in [-0.25, -0.2) is 0 Å². The summed E-state index contributed by atoms with van der Waals surface area (Å²) in [6, 6.07) is 10.1. The number of anilines is 3. The Balaban J connectivity index is 2.67. The molecule has 4 heteroatoms. The monoisotopic (exact) mass is 215 g/mol. The van der Waals surface area contributed by atoms with E-state index in [0.29, 0.717) is 28.2 Å². The summed E-state index contributed by atoms with van der Waals surface area (Å²) < 4.78 is 0. The lowest BCUT2D eigenvalue weighted by Gasteiger charge is -2.09. The van der Waals surface area contributed by atoms with E-state index in [1.165, 1.54) is 0 Å². The molecule has 0 aromatic heterocycles. The van der Waals surface area contributed by atoms with E-state index in [2.05, 4.69) is 0 Å². The average molecular weight is 215 g/mol. The Morgan fingerprint density at radius 3 is 2.06 bits per heavy atom. The van der Waals surface area contributed by atoms with Gasteiger partial charge >= 0.3 is 0 Å². The van der Waals surface area contributed by atoms with Crippen LogP contribution < -0.4 is 17.2 Å². The van der Waals surface area contributed by atoms with E-state index in [1.54, 1.807) is 36.4 Å². The number of nitrogen functional groups attached to an aromatic ring is 3. The predicted molar refractivity (Wildman–Crippen MR) is 66.8 cm³/mol. The molecule has 0 radical (unpaired) electrons. The number of hydrogen-bond donors (Lipinski definition) is 4. The van der Waals surface area contributed by atoms with Crippen LogP contribution >= 0.6 is 0 Å². The lowest BCUT2D eigenvalue weighted by atomic mass is 10.0. The van der Waals surface area contributed by atoms with Crippen LogP contribution in [0.4, 0.5) is 17.1 Å². The van der Waals surface area contributed by atoms with Crippen molar-refractivity contribution in [2.24, 2.45) is 0 Å². The van der Waals surface area contributed by atoms with Gasteiger partial charge in [0.2, 0.25) is 0 Å². The molecule has 0 bridgehead atoms. The SMILES string of the molecule is Nc1cc(N)cc(-c2c(N)cccc2O)c1. The summed E-state index contributed by atoms with van der Waals surface area (Å²) in [4.78, 5) is 0. The first-order valence-electron chi connectivity index (χ1n) is 4.82. The summed E-state index contributed by atoms with van der Waals surface area (Å²) in [5, 5.41) is 9.76. The highest BCUT2D eigenvalue weighted by molar-refractivity contribution is 5.84. The first-order valence-corrected chi connectivity index (χ1v) is 4.82. The molecule has 0 saturated carbocycles. The van der Waals surface area contributed by atoms with Crippen LogP contribution in [0.15, 0.2) is 36.4 Å². The number of rotatable bonds is 1. The Bertz CT molecular complexity index is 497. The molecule has 0 atom stereocenters. The molecule has 0 aliphatic heterocycles. The molecule has 0 fully saturated rings. The largest absolute Gasteiger partial charge is 0.507 e. The van der Waals surface area contributed by atoms with Crippen LogP contribution in [0.25, 0.3) is 11.1 Å². The molecule has 0 aliphatic rings. The van der Waals surface area contributed by atoms with Crippen LogP contribution in [0.1, 0.15) is 0 Å². The van der Waals surface area contributed by atoms with Gasteiger partial charge in [-0.05, 0) is 35.9 Å². The number of phenolic OH excluding ortho intramolecular Hbond substituents is 1. The molecule has 2 rings (SSSR count). The number of aromatic hydroxyl groups is 1. The van der Waals surface area contributed by atoms with E-state index in [1.807, 2.05) is 0 Å². The van der Waals surface area contributed by atoms with Gasteiger partial charge in [-0.2, -0.15) is 0 Å².